The predicted molar refractivity (Wildman–Crippen MR) is 57.0 cm³/mol. The van der Waals surface area contributed by atoms with E-state index >= 15 is 0 Å². The van der Waals surface area contributed by atoms with Gasteiger partial charge in [0, 0.05) is 5.69 Å². The van der Waals surface area contributed by atoms with Gasteiger partial charge in [-0.1, -0.05) is 0 Å². The number of aliphatic hydroxyl groups is 1. The maximum absolute atomic E-state index is 12.7. The Hall–Kier alpha value is -1.88. The fourth-order valence-corrected chi connectivity index (χ4v) is 1.54. The molecule has 0 amide bonds. The van der Waals surface area contributed by atoms with Crippen molar-refractivity contribution < 1.29 is 9.50 Å². The van der Waals surface area contributed by atoms with Crippen LogP contribution in [0.1, 0.15) is 11.3 Å². The van der Waals surface area contributed by atoms with E-state index in [4.69, 9.17) is 5.11 Å². The minimum Gasteiger partial charge on any atom is -0.391 e. The summed E-state index contributed by atoms with van der Waals surface area (Å²) in [4.78, 5) is 11.8. The fourth-order valence-electron chi connectivity index (χ4n) is 1.54. The molecule has 84 valence electrons. The first kappa shape index (κ1) is 10.6. The fraction of sp³-hybridized carbons (Fsp3) is 0.182. The Bertz CT molecular complexity index is 554. The molecule has 1 heterocycles. The van der Waals surface area contributed by atoms with E-state index in [-0.39, 0.29) is 18.0 Å². The summed E-state index contributed by atoms with van der Waals surface area (Å²) < 4.78 is 14.0. The maximum Gasteiger partial charge on any atom is 0.277 e. The van der Waals surface area contributed by atoms with Crippen LogP contribution >= 0.6 is 0 Å². The molecular formula is C11H11FN2O2. The number of nitrogens with zero attached hydrogens (tertiary/aromatic N) is 1. The standard InChI is InChI=1S/C11H11FN2O2/c1-7-10(6-15)11(16)14(13-7)9-4-2-8(12)3-5-9/h2-5,13,15H,6H2,1H3. The van der Waals surface area contributed by atoms with Gasteiger partial charge in [0.05, 0.1) is 17.9 Å². The lowest BCUT2D eigenvalue weighted by atomic mass is 10.3. The first-order valence-electron chi connectivity index (χ1n) is 4.81. The largest absolute Gasteiger partial charge is 0.391 e. The Balaban J connectivity index is 2.57. The number of benzene rings is 1. The summed E-state index contributed by atoms with van der Waals surface area (Å²) in [5, 5.41) is 11.8. The molecule has 0 spiro atoms. The zero-order valence-corrected chi connectivity index (χ0v) is 8.70. The van der Waals surface area contributed by atoms with Crippen molar-refractivity contribution in [2.75, 3.05) is 0 Å². The molecule has 0 saturated carbocycles. The average molecular weight is 222 g/mol. The van der Waals surface area contributed by atoms with E-state index in [0.717, 1.165) is 0 Å². The van der Waals surface area contributed by atoms with Crippen molar-refractivity contribution in [3.05, 3.63) is 51.7 Å². The van der Waals surface area contributed by atoms with Gasteiger partial charge in [-0.05, 0) is 31.2 Å². The molecule has 0 aliphatic rings. The summed E-state index contributed by atoms with van der Waals surface area (Å²) in [6, 6.07) is 5.54. The molecule has 16 heavy (non-hydrogen) atoms. The molecule has 4 nitrogen and oxygen atoms in total. The Morgan fingerprint density at radius 1 is 1.38 bits per heavy atom. The van der Waals surface area contributed by atoms with Crippen molar-refractivity contribution in [3.63, 3.8) is 0 Å². The Labute approximate surface area is 90.9 Å². The molecule has 0 atom stereocenters. The molecule has 5 heteroatoms. The van der Waals surface area contributed by atoms with Crippen molar-refractivity contribution in [2.45, 2.75) is 13.5 Å². The van der Waals surface area contributed by atoms with Crippen molar-refractivity contribution in [3.8, 4) is 5.69 Å². The lowest BCUT2D eigenvalue weighted by Gasteiger charge is -2.00. The lowest BCUT2D eigenvalue weighted by molar-refractivity contribution is 0.280. The van der Waals surface area contributed by atoms with Gasteiger partial charge in [-0.3, -0.25) is 9.89 Å². The number of aromatic amines is 1. The maximum atomic E-state index is 12.7. The van der Waals surface area contributed by atoms with E-state index in [9.17, 15) is 9.18 Å². The van der Waals surface area contributed by atoms with E-state index in [0.29, 0.717) is 16.9 Å². The first-order chi connectivity index (χ1) is 7.63. The van der Waals surface area contributed by atoms with Gasteiger partial charge in [0.15, 0.2) is 0 Å². The molecule has 1 aromatic carbocycles. The van der Waals surface area contributed by atoms with Crippen LogP contribution in [-0.4, -0.2) is 14.9 Å². The van der Waals surface area contributed by atoms with E-state index in [1.54, 1.807) is 6.92 Å². The monoisotopic (exact) mass is 222 g/mol. The van der Waals surface area contributed by atoms with Crippen LogP contribution in [0, 0.1) is 12.7 Å². The Morgan fingerprint density at radius 2 is 2.00 bits per heavy atom. The number of rotatable bonds is 2. The van der Waals surface area contributed by atoms with Crippen molar-refractivity contribution in [1.82, 2.24) is 9.78 Å². The van der Waals surface area contributed by atoms with Crippen LogP contribution in [0.3, 0.4) is 0 Å². The second-order valence-corrected chi connectivity index (χ2v) is 3.49. The van der Waals surface area contributed by atoms with Crippen LogP contribution in [0.5, 0.6) is 0 Å². The number of aliphatic hydroxyl groups excluding tert-OH is 1. The normalized spacial score (nSPS) is 10.7. The van der Waals surface area contributed by atoms with Gasteiger partial charge in [-0.15, -0.1) is 0 Å². The highest BCUT2D eigenvalue weighted by molar-refractivity contribution is 5.32. The van der Waals surface area contributed by atoms with Gasteiger partial charge < -0.3 is 5.11 Å². The minimum atomic E-state index is -0.359. The van der Waals surface area contributed by atoms with Gasteiger partial charge in [-0.2, -0.15) is 0 Å². The number of nitrogens with one attached hydrogen (secondary N) is 1. The van der Waals surface area contributed by atoms with Crippen molar-refractivity contribution in [2.24, 2.45) is 0 Å². The number of aromatic nitrogens is 2. The third kappa shape index (κ3) is 1.65. The molecule has 0 fully saturated rings. The van der Waals surface area contributed by atoms with Gasteiger partial charge in [0.2, 0.25) is 0 Å². The molecule has 0 radical (unpaired) electrons. The molecule has 2 rings (SSSR count). The van der Waals surface area contributed by atoms with Gasteiger partial charge in [-0.25, -0.2) is 9.07 Å². The molecule has 2 N–H and O–H groups in total. The predicted octanol–water partition coefficient (Wildman–Crippen LogP) is 1.11. The topological polar surface area (TPSA) is 58.0 Å². The van der Waals surface area contributed by atoms with Crippen molar-refractivity contribution >= 4 is 0 Å². The number of aryl methyl sites for hydroxylation is 1. The van der Waals surface area contributed by atoms with Gasteiger partial charge >= 0.3 is 0 Å². The van der Waals surface area contributed by atoms with Crippen molar-refractivity contribution in [1.29, 1.82) is 0 Å². The second kappa shape index (κ2) is 3.94. The van der Waals surface area contributed by atoms with Crippen LogP contribution in [0.15, 0.2) is 29.1 Å². The third-order valence-corrected chi connectivity index (χ3v) is 2.44. The van der Waals surface area contributed by atoms with E-state index in [1.807, 2.05) is 0 Å². The van der Waals surface area contributed by atoms with Crippen LogP contribution in [0.4, 0.5) is 4.39 Å². The minimum absolute atomic E-state index is 0.310. The van der Waals surface area contributed by atoms with Gasteiger partial charge in [0.25, 0.3) is 5.56 Å². The number of H-pyrrole nitrogens is 1. The Kier molecular flexibility index (Phi) is 2.62. The second-order valence-electron chi connectivity index (χ2n) is 3.49. The average Bonchev–Trinajstić information content (AvgIpc) is 2.55. The summed E-state index contributed by atoms with van der Waals surface area (Å²) in [5.74, 6) is -0.359. The summed E-state index contributed by atoms with van der Waals surface area (Å²) in [6.07, 6.45) is 0. The number of hydrogen-bond donors (Lipinski definition) is 2. The molecule has 0 bridgehead atoms. The highest BCUT2D eigenvalue weighted by atomic mass is 19.1. The van der Waals surface area contributed by atoms with Gasteiger partial charge in [0.1, 0.15) is 5.82 Å². The van der Waals surface area contributed by atoms with E-state index < -0.39 is 0 Å². The summed E-state index contributed by atoms with van der Waals surface area (Å²) in [6.45, 7) is 1.39. The lowest BCUT2D eigenvalue weighted by Crippen LogP contribution is -2.17. The summed E-state index contributed by atoms with van der Waals surface area (Å²) >= 11 is 0. The summed E-state index contributed by atoms with van der Waals surface area (Å²) in [5.41, 5.74) is 1.15. The van der Waals surface area contributed by atoms with E-state index in [1.165, 1.54) is 28.9 Å². The third-order valence-electron chi connectivity index (χ3n) is 2.44. The molecule has 0 unspecified atom stereocenters. The Morgan fingerprint density at radius 3 is 2.50 bits per heavy atom. The first-order valence-corrected chi connectivity index (χ1v) is 4.81. The highest BCUT2D eigenvalue weighted by Crippen LogP contribution is 2.08. The van der Waals surface area contributed by atoms with Crippen LogP contribution in [-0.2, 0) is 6.61 Å². The van der Waals surface area contributed by atoms with Crippen LogP contribution in [0.25, 0.3) is 5.69 Å². The van der Waals surface area contributed by atoms with Crippen LogP contribution < -0.4 is 5.56 Å². The highest BCUT2D eigenvalue weighted by Gasteiger charge is 2.10. The van der Waals surface area contributed by atoms with E-state index in [2.05, 4.69) is 5.10 Å². The molecular weight excluding hydrogens is 211 g/mol. The summed E-state index contributed by atoms with van der Waals surface area (Å²) in [7, 11) is 0. The van der Waals surface area contributed by atoms with Crippen LogP contribution in [0.2, 0.25) is 0 Å². The molecule has 0 aliphatic carbocycles. The quantitative estimate of drug-likeness (QED) is 0.799. The smallest absolute Gasteiger partial charge is 0.277 e. The number of hydrogen-bond acceptors (Lipinski definition) is 2. The SMILES string of the molecule is Cc1[nH]n(-c2ccc(F)cc2)c(=O)c1CO. The number of halogens is 1. The molecule has 1 aromatic heterocycles. The molecule has 2 aromatic rings. The molecule has 0 saturated heterocycles. The molecule has 0 aliphatic heterocycles. The zero-order valence-electron chi connectivity index (χ0n) is 8.70. The zero-order chi connectivity index (χ0) is 11.7.